The van der Waals surface area contributed by atoms with Gasteiger partial charge in [-0.3, -0.25) is 4.90 Å². The van der Waals surface area contributed by atoms with Crippen molar-refractivity contribution in [2.75, 3.05) is 26.3 Å². The van der Waals surface area contributed by atoms with Gasteiger partial charge >= 0.3 is 0 Å². The second-order valence-electron chi connectivity index (χ2n) is 8.81. The third kappa shape index (κ3) is 7.29. The Morgan fingerprint density at radius 2 is 1.74 bits per heavy atom. The maximum Gasteiger partial charge on any atom is 0.227 e. The number of para-hydroxylation sites is 2. The molecule has 3 aromatic rings. The molecule has 0 unspecified atom stereocenters. The van der Waals surface area contributed by atoms with Crippen molar-refractivity contribution in [2.24, 2.45) is 5.92 Å². The lowest BCUT2D eigenvalue weighted by Crippen LogP contribution is -2.37. The van der Waals surface area contributed by atoms with Crippen molar-refractivity contribution >= 4 is 0 Å². The van der Waals surface area contributed by atoms with Crippen LogP contribution in [0.25, 0.3) is 5.69 Å². The molecule has 0 aliphatic rings. The third-order valence-corrected chi connectivity index (χ3v) is 5.33. The molecule has 34 heavy (non-hydrogen) atoms. The Kier molecular flexibility index (Phi) is 9.89. The summed E-state index contributed by atoms with van der Waals surface area (Å²) in [6.45, 7) is 12.8. The van der Waals surface area contributed by atoms with Crippen LogP contribution in [0, 0.1) is 5.92 Å². The largest absolute Gasteiger partial charge is 0.439 e. The maximum absolute atomic E-state index is 10.6. The quantitative estimate of drug-likeness (QED) is 0.261. The number of rotatable bonds is 14. The molecule has 0 radical (unpaired) electrons. The molecule has 182 valence electrons. The van der Waals surface area contributed by atoms with Gasteiger partial charge < -0.3 is 14.6 Å². The normalized spacial score (nSPS) is 12.3. The fourth-order valence-electron chi connectivity index (χ4n) is 3.95. The molecule has 1 aromatic heterocycles. The molecule has 0 aliphatic carbocycles. The highest BCUT2D eigenvalue weighted by Gasteiger charge is 2.24. The predicted octanol–water partition coefficient (Wildman–Crippen LogP) is 5.25. The first-order valence-corrected chi connectivity index (χ1v) is 12.0. The van der Waals surface area contributed by atoms with Crippen LogP contribution in [0.5, 0.6) is 11.6 Å². The van der Waals surface area contributed by atoms with E-state index in [0.717, 1.165) is 35.7 Å². The predicted molar refractivity (Wildman–Crippen MR) is 137 cm³/mol. The van der Waals surface area contributed by atoms with Crippen molar-refractivity contribution in [1.29, 1.82) is 0 Å². The monoisotopic (exact) mass is 463 g/mol. The van der Waals surface area contributed by atoms with Gasteiger partial charge in [-0.05, 0) is 36.6 Å². The summed E-state index contributed by atoms with van der Waals surface area (Å²) in [5.74, 6) is 1.91. The number of aliphatic hydroxyl groups is 1. The number of hydrogen-bond acceptors (Lipinski definition) is 5. The summed E-state index contributed by atoms with van der Waals surface area (Å²) in [5, 5.41) is 15.5. The lowest BCUT2D eigenvalue weighted by atomic mass is 10.1. The van der Waals surface area contributed by atoms with Gasteiger partial charge in [0.15, 0.2) is 0 Å². The van der Waals surface area contributed by atoms with E-state index in [2.05, 4.69) is 32.3 Å². The number of benzene rings is 2. The van der Waals surface area contributed by atoms with E-state index in [4.69, 9.17) is 14.6 Å². The van der Waals surface area contributed by atoms with Gasteiger partial charge in [-0.1, -0.05) is 63.2 Å². The van der Waals surface area contributed by atoms with E-state index in [1.807, 2.05) is 65.3 Å². The second kappa shape index (κ2) is 13.1. The molecule has 0 spiro atoms. The molecule has 0 amide bonds. The summed E-state index contributed by atoms with van der Waals surface area (Å²) in [4.78, 5) is 2.26. The average Bonchev–Trinajstić information content (AvgIpc) is 3.17. The topological polar surface area (TPSA) is 59.8 Å². The molecular formula is C28H37N3O3. The van der Waals surface area contributed by atoms with Gasteiger partial charge in [0, 0.05) is 19.6 Å². The Balaban J connectivity index is 1.96. The van der Waals surface area contributed by atoms with E-state index in [0.29, 0.717) is 31.5 Å². The Hall–Kier alpha value is -2.93. The number of aryl methyl sites for hydroxylation is 1. The molecule has 0 saturated carbocycles. The van der Waals surface area contributed by atoms with E-state index >= 15 is 0 Å². The van der Waals surface area contributed by atoms with E-state index in [9.17, 15) is 5.11 Å². The fourth-order valence-corrected chi connectivity index (χ4v) is 3.95. The van der Waals surface area contributed by atoms with Gasteiger partial charge in [-0.15, -0.1) is 6.58 Å². The van der Waals surface area contributed by atoms with Gasteiger partial charge in [-0.25, -0.2) is 4.68 Å². The minimum Gasteiger partial charge on any atom is -0.439 e. The number of aliphatic hydroxyl groups excluding tert-OH is 1. The summed E-state index contributed by atoms with van der Waals surface area (Å²) < 4.78 is 13.8. The lowest BCUT2D eigenvalue weighted by Gasteiger charge is -2.27. The van der Waals surface area contributed by atoms with Crippen LogP contribution in [-0.2, 0) is 17.7 Å². The smallest absolute Gasteiger partial charge is 0.227 e. The zero-order valence-corrected chi connectivity index (χ0v) is 20.6. The van der Waals surface area contributed by atoms with Gasteiger partial charge in [0.2, 0.25) is 5.88 Å². The molecule has 3 rings (SSSR count). The highest BCUT2D eigenvalue weighted by Crippen LogP contribution is 2.32. The van der Waals surface area contributed by atoms with Crippen LogP contribution in [-0.4, -0.2) is 52.2 Å². The van der Waals surface area contributed by atoms with Crippen LogP contribution < -0.4 is 4.74 Å². The Bertz CT molecular complexity index is 1000. The number of hydrogen-bond donors (Lipinski definition) is 1. The average molecular weight is 464 g/mol. The summed E-state index contributed by atoms with van der Waals surface area (Å²) >= 11 is 0. The highest BCUT2D eigenvalue weighted by atomic mass is 16.5. The summed E-state index contributed by atoms with van der Waals surface area (Å²) in [5.41, 5.74) is 2.97. The number of aromatic nitrogens is 2. The first kappa shape index (κ1) is 25.7. The van der Waals surface area contributed by atoms with E-state index in [-0.39, 0.29) is 6.61 Å². The highest BCUT2D eigenvalue weighted by molar-refractivity contribution is 5.43. The standard InChI is InChI=1S/C28H37N3O3/c1-5-17-33-21-24(32)19-30(18-22(3)4)20-26-27(6-2)29-31(23-13-9-7-10-14-23)28(26)34-25-15-11-8-12-16-25/h5,7-16,22,24,32H,1,6,17-21H2,2-4H3/t24-/m1/s1. The minimum absolute atomic E-state index is 0.276. The second-order valence-corrected chi connectivity index (χ2v) is 8.81. The first-order valence-electron chi connectivity index (χ1n) is 12.0. The molecule has 2 aromatic carbocycles. The van der Waals surface area contributed by atoms with Crippen LogP contribution in [0.3, 0.4) is 0 Å². The molecule has 0 aliphatic heterocycles. The molecule has 1 N–H and O–H groups in total. The van der Waals surface area contributed by atoms with E-state index in [1.165, 1.54) is 0 Å². The maximum atomic E-state index is 10.6. The SMILES string of the molecule is C=CCOC[C@H](O)CN(Cc1c(CC)nn(-c2ccccc2)c1Oc1ccccc1)CC(C)C. The van der Waals surface area contributed by atoms with Crippen LogP contribution in [0.4, 0.5) is 0 Å². The summed E-state index contributed by atoms with van der Waals surface area (Å²) in [6.07, 6.45) is 1.88. The lowest BCUT2D eigenvalue weighted by molar-refractivity contribution is 0.0221. The van der Waals surface area contributed by atoms with Crippen molar-refractivity contribution in [3.8, 4) is 17.3 Å². The molecule has 0 fully saturated rings. The van der Waals surface area contributed by atoms with Crippen molar-refractivity contribution in [2.45, 2.75) is 39.8 Å². The van der Waals surface area contributed by atoms with Crippen molar-refractivity contribution in [3.63, 3.8) is 0 Å². The van der Waals surface area contributed by atoms with Gasteiger partial charge in [0.25, 0.3) is 0 Å². The molecule has 0 bridgehead atoms. The summed E-state index contributed by atoms with van der Waals surface area (Å²) in [7, 11) is 0. The molecule has 1 atom stereocenters. The summed E-state index contributed by atoms with van der Waals surface area (Å²) in [6, 6.07) is 19.8. The minimum atomic E-state index is -0.591. The van der Waals surface area contributed by atoms with E-state index < -0.39 is 6.10 Å². The van der Waals surface area contributed by atoms with Gasteiger partial charge in [0.05, 0.1) is 36.3 Å². The molecule has 0 saturated heterocycles. The van der Waals surface area contributed by atoms with Crippen molar-refractivity contribution in [1.82, 2.24) is 14.7 Å². The third-order valence-electron chi connectivity index (χ3n) is 5.33. The molecule has 1 heterocycles. The van der Waals surface area contributed by atoms with Gasteiger partial charge in [-0.2, -0.15) is 5.10 Å². The van der Waals surface area contributed by atoms with Crippen LogP contribution in [0.2, 0.25) is 0 Å². The fraction of sp³-hybridized carbons (Fsp3) is 0.393. The molecular weight excluding hydrogens is 426 g/mol. The van der Waals surface area contributed by atoms with E-state index in [1.54, 1.807) is 6.08 Å². The van der Waals surface area contributed by atoms with Gasteiger partial charge in [0.1, 0.15) is 5.75 Å². The van der Waals surface area contributed by atoms with Crippen molar-refractivity contribution < 1.29 is 14.6 Å². The number of nitrogens with zero attached hydrogens (tertiary/aromatic N) is 3. The van der Waals surface area contributed by atoms with Crippen LogP contribution in [0.15, 0.2) is 73.3 Å². The molecule has 6 heteroatoms. The Labute approximate surface area is 203 Å². The zero-order chi connectivity index (χ0) is 24.3. The molecule has 6 nitrogen and oxygen atoms in total. The first-order chi connectivity index (χ1) is 16.5. The van der Waals surface area contributed by atoms with Crippen molar-refractivity contribution in [3.05, 3.63) is 84.6 Å². The Morgan fingerprint density at radius 3 is 2.35 bits per heavy atom. The zero-order valence-electron chi connectivity index (χ0n) is 20.6. The Morgan fingerprint density at radius 1 is 1.06 bits per heavy atom. The van der Waals surface area contributed by atoms with Crippen LogP contribution in [0.1, 0.15) is 32.0 Å². The number of ether oxygens (including phenoxy) is 2. The van der Waals surface area contributed by atoms with Crippen LogP contribution >= 0.6 is 0 Å².